The molecule has 0 saturated heterocycles. The van der Waals surface area contributed by atoms with E-state index in [2.05, 4.69) is 15.9 Å². The van der Waals surface area contributed by atoms with Crippen LogP contribution in [0.2, 0.25) is 0 Å². The van der Waals surface area contributed by atoms with Crippen LogP contribution in [-0.4, -0.2) is 12.2 Å². The van der Waals surface area contributed by atoms with Gasteiger partial charge >= 0.3 is 0 Å². The molecule has 0 aromatic heterocycles. The van der Waals surface area contributed by atoms with Gasteiger partial charge in [-0.25, -0.2) is 0 Å². The van der Waals surface area contributed by atoms with Crippen molar-refractivity contribution in [2.45, 2.75) is 18.9 Å². The van der Waals surface area contributed by atoms with Gasteiger partial charge in [0, 0.05) is 10.9 Å². The van der Waals surface area contributed by atoms with E-state index in [0.717, 1.165) is 21.3 Å². The van der Waals surface area contributed by atoms with Gasteiger partial charge < -0.3 is 9.84 Å². The Hall–Kier alpha value is -1.32. The van der Waals surface area contributed by atoms with Crippen molar-refractivity contribution < 1.29 is 9.84 Å². The van der Waals surface area contributed by atoms with Crippen molar-refractivity contribution in [3.8, 4) is 5.75 Å². The molecule has 0 saturated carbocycles. The Bertz CT molecular complexity index is 550. The van der Waals surface area contributed by atoms with E-state index in [4.69, 9.17) is 4.74 Å². The molecule has 2 aromatic rings. The zero-order chi connectivity index (χ0) is 13.9. The molecule has 19 heavy (non-hydrogen) atoms. The summed E-state index contributed by atoms with van der Waals surface area (Å²) in [4.78, 5) is 0. The minimum Gasteiger partial charge on any atom is -0.496 e. The Morgan fingerprint density at radius 1 is 1.16 bits per heavy atom. The average Bonchev–Trinajstić information content (AvgIpc) is 2.39. The third kappa shape index (κ3) is 3.37. The molecule has 0 spiro atoms. The van der Waals surface area contributed by atoms with Crippen molar-refractivity contribution in [1.29, 1.82) is 0 Å². The molecule has 3 heteroatoms. The van der Waals surface area contributed by atoms with Gasteiger partial charge in [0.15, 0.2) is 0 Å². The summed E-state index contributed by atoms with van der Waals surface area (Å²) in [5.74, 6) is 0.791. The number of ether oxygens (including phenoxy) is 1. The molecule has 0 bridgehead atoms. The Kier molecular flexibility index (Phi) is 4.27. The van der Waals surface area contributed by atoms with Gasteiger partial charge in [-0.2, -0.15) is 0 Å². The highest BCUT2D eigenvalue weighted by Gasteiger charge is 2.24. The van der Waals surface area contributed by atoms with E-state index < -0.39 is 5.60 Å². The third-order valence-corrected chi connectivity index (χ3v) is 3.67. The van der Waals surface area contributed by atoms with Crippen LogP contribution in [0.3, 0.4) is 0 Å². The molecule has 1 N–H and O–H groups in total. The van der Waals surface area contributed by atoms with Gasteiger partial charge in [0.25, 0.3) is 0 Å². The first kappa shape index (κ1) is 14.1. The molecule has 0 aliphatic rings. The van der Waals surface area contributed by atoms with Crippen LogP contribution in [0.5, 0.6) is 5.75 Å². The third-order valence-electron chi connectivity index (χ3n) is 3.17. The van der Waals surface area contributed by atoms with Gasteiger partial charge in [0.2, 0.25) is 0 Å². The molecule has 100 valence electrons. The molecule has 0 amide bonds. The highest BCUT2D eigenvalue weighted by Crippen LogP contribution is 2.31. The summed E-state index contributed by atoms with van der Waals surface area (Å²) in [5, 5.41) is 10.7. The van der Waals surface area contributed by atoms with Crippen LogP contribution >= 0.6 is 15.9 Å². The van der Waals surface area contributed by atoms with Crippen LogP contribution in [-0.2, 0) is 12.0 Å². The SMILES string of the molecule is COc1ccc(Br)cc1CC(C)(O)c1ccccc1. The summed E-state index contributed by atoms with van der Waals surface area (Å²) in [6.45, 7) is 1.82. The zero-order valence-electron chi connectivity index (χ0n) is 11.1. The lowest BCUT2D eigenvalue weighted by Gasteiger charge is -2.25. The molecular formula is C16H17BrO2. The number of methoxy groups -OCH3 is 1. The topological polar surface area (TPSA) is 29.5 Å². The Morgan fingerprint density at radius 2 is 1.84 bits per heavy atom. The lowest BCUT2D eigenvalue weighted by molar-refractivity contribution is 0.0569. The molecule has 0 fully saturated rings. The predicted octanol–water partition coefficient (Wildman–Crippen LogP) is 3.91. The summed E-state index contributed by atoms with van der Waals surface area (Å²) < 4.78 is 6.33. The lowest BCUT2D eigenvalue weighted by Crippen LogP contribution is -2.24. The van der Waals surface area contributed by atoms with Crippen molar-refractivity contribution in [3.63, 3.8) is 0 Å². The fraction of sp³-hybridized carbons (Fsp3) is 0.250. The van der Waals surface area contributed by atoms with E-state index >= 15 is 0 Å². The summed E-state index contributed by atoms with van der Waals surface area (Å²) in [5.41, 5.74) is 0.956. The van der Waals surface area contributed by atoms with Crippen LogP contribution in [0.15, 0.2) is 53.0 Å². The van der Waals surface area contributed by atoms with E-state index in [0.29, 0.717) is 6.42 Å². The summed E-state index contributed by atoms with van der Waals surface area (Å²) in [7, 11) is 1.64. The molecule has 1 atom stereocenters. The van der Waals surface area contributed by atoms with E-state index in [9.17, 15) is 5.11 Å². The second-order valence-electron chi connectivity index (χ2n) is 4.77. The molecule has 2 rings (SSSR count). The second-order valence-corrected chi connectivity index (χ2v) is 5.69. The van der Waals surface area contributed by atoms with Crippen LogP contribution in [0.25, 0.3) is 0 Å². The summed E-state index contributed by atoms with van der Waals surface area (Å²) >= 11 is 3.45. The fourth-order valence-electron chi connectivity index (χ4n) is 2.16. The van der Waals surface area contributed by atoms with Crippen LogP contribution in [0, 0.1) is 0 Å². The molecule has 0 aliphatic carbocycles. The highest BCUT2D eigenvalue weighted by atomic mass is 79.9. The van der Waals surface area contributed by atoms with Gasteiger partial charge in [-0.15, -0.1) is 0 Å². The minimum atomic E-state index is -0.921. The van der Waals surface area contributed by atoms with Gasteiger partial charge in [0.05, 0.1) is 12.7 Å². The highest BCUT2D eigenvalue weighted by molar-refractivity contribution is 9.10. The van der Waals surface area contributed by atoms with Gasteiger partial charge in [-0.05, 0) is 36.2 Å². The van der Waals surface area contributed by atoms with Crippen LogP contribution in [0.4, 0.5) is 0 Å². The first-order valence-electron chi connectivity index (χ1n) is 6.13. The van der Waals surface area contributed by atoms with E-state index in [1.54, 1.807) is 7.11 Å². The van der Waals surface area contributed by atoms with Crippen molar-refractivity contribution in [2.75, 3.05) is 7.11 Å². The van der Waals surface area contributed by atoms with Crippen molar-refractivity contribution in [1.82, 2.24) is 0 Å². The zero-order valence-corrected chi connectivity index (χ0v) is 12.6. The monoisotopic (exact) mass is 320 g/mol. The molecule has 2 nitrogen and oxygen atoms in total. The standard InChI is InChI=1S/C16H17BrO2/c1-16(18,13-6-4-3-5-7-13)11-12-10-14(17)8-9-15(12)19-2/h3-10,18H,11H2,1-2H3. The smallest absolute Gasteiger partial charge is 0.122 e. The number of aliphatic hydroxyl groups is 1. The van der Waals surface area contributed by atoms with Crippen molar-refractivity contribution in [3.05, 3.63) is 64.1 Å². The fourth-order valence-corrected chi connectivity index (χ4v) is 2.56. The number of hydrogen-bond donors (Lipinski definition) is 1. The lowest BCUT2D eigenvalue weighted by atomic mass is 9.89. The summed E-state index contributed by atoms with van der Waals surface area (Å²) in [6, 6.07) is 15.5. The average molecular weight is 321 g/mol. The number of halogens is 1. The molecular weight excluding hydrogens is 304 g/mol. The normalized spacial score (nSPS) is 13.9. The van der Waals surface area contributed by atoms with Crippen molar-refractivity contribution >= 4 is 15.9 Å². The predicted molar refractivity (Wildman–Crippen MR) is 80.4 cm³/mol. The first-order valence-corrected chi connectivity index (χ1v) is 6.92. The Morgan fingerprint density at radius 3 is 2.47 bits per heavy atom. The maximum Gasteiger partial charge on any atom is 0.122 e. The van der Waals surface area contributed by atoms with Crippen LogP contribution in [0.1, 0.15) is 18.1 Å². The van der Waals surface area contributed by atoms with Gasteiger partial charge in [0.1, 0.15) is 5.75 Å². The number of rotatable bonds is 4. The largest absolute Gasteiger partial charge is 0.496 e. The number of hydrogen-bond acceptors (Lipinski definition) is 2. The second kappa shape index (κ2) is 5.76. The Labute approximate surface area is 122 Å². The van der Waals surface area contributed by atoms with E-state index in [1.807, 2.05) is 55.5 Å². The summed E-state index contributed by atoms with van der Waals surface area (Å²) in [6.07, 6.45) is 0.500. The minimum absolute atomic E-state index is 0.500. The molecule has 1 unspecified atom stereocenters. The maximum atomic E-state index is 10.7. The van der Waals surface area contributed by atoms with E-state index in [1.165, 1.54) is 0 Å². The first-order chi connectivity index (χ1) is 9.03. The molecule has 0 radical (unpaired) electrons. The van der Waals surface area contributed by atoms with Gasteiger partial charge in [-0.3, -0.25) is 0 Å². The maximum absolute atomic E-state index is 10.7. The molecule has 0 heterocycles. The molecule has 0 aliphatic heterocycles. The van der Waals surface area contributed by atoms with Crippen LogP contribution < -0.4 is 4.74 Å². The number of benzene rings is 2. The van der Waals surface area contributed by atoms with Crippen molar-refractivity contribution in [2.24, 2.45) is 0 Å². The Balaban J connectivity index is 2.32. The molecule has 2 aromatic carbocycles. The quantitative estimate of drug-likeness (QED) is 0.925. The van der Waals surface area contributed by atoms with Gasteiger partial charge in [-0.1, -0.05) is 46.3 Å². The van der Waals surface area contributed by atoms with E-state index in [-0.39, 0.29) is 0 Å².